The van der Waals surface area contributed by atoms with Crippen molar-refractivity contribution in [3.63, 3.8) is 0 Å². The van der Waals surface area contributed by atoms with Gasteiger partial charge in [-0.25, -0.2) is 9.59 Å². The van der Waals surface area contributed by atoms with Crippen molar-refractivity contribution in [3.8, 4) is 0 Å². The molecule has 1 aliphatic rings. The molecule has 0 bridgehead atoms. The average Bonchev–Trinajstić information content (AvgIpc) is 3.20. The standard InChI is InChI=1S/C18H14N2O8S/c21-14(18(25)26)19-15-12(17(23)24)9-5-6-27-11(13(9)29-15)7-20-16(22)8-3-1-2-4-10(8)28-20/h1-4,11H,5-7H2,(H,19,21)(H,23,24)(H,25,26). The number of fused-ring (bicyclic) bond motifs is 2. The number of amides is 1. The van der Waals surface area contributed by atoms with Crippen LogP contribution in [0, 0.1) is 0 Å². The molecule has 0 radical (unpaired) electrons. The Morgan fingerprint density at radius 1 is 1.24 bits per heavy atom. The molecule has 1 aliphatic heterocycles. The number of nitrogens with one attached hydrogen (secondary N) is 1. The lowest BCUT2D eigenvalue weighted by molar-refractivity contribution is -0.147. The van der Waals surface area contributed by atoms with E-state index in [1.165, 1.54) is 0 Å². The molecule has 4 rings (SSSR count). The van der Waals surface area contributed by atoms with Gasteiger partial charge in [-0.1, -0.05) is 12.1 Å². The molecule has 1 atom stereocenters. The van der Waals surface area contributed by atoms with Crippen molar-refractivity contribution in [1.82, 2.24) is 4.74 Å². The minimum absolute atomic E-state index is 0.00635. The molecule has 2 aromatic heterocycles. The monoisotopic (exact) mass is 418 g/mol. The van der Waals surface area contributed by atoms with Crippen LogP contribution in [0.15, 0.2) is 33.6 Å². The number of hydrogen-bond acceptors (Lipinski definition) is 7. The highest BCUT2D eigenvalue weighted by atomic mass is 32.1. The number of thiophene rings is 1. The molecule has 1 amide bonds. The summed E-state index contributed by atoms with van der Waals surface area (Å²) in [6.07, 6.45) is -0.405. The van der Waals surface area contributed by atoms with Crippen LogP contribution in [-0.2, 0) is 27.3 Å². The fraction of sp³-hybridized carbons (Fsp3) is 0.222. The zero-order chi connectivity index (χ0) is 20.7. The molecule has 11 heteroatoms. The number of para-hydroxylation sites is 1. The van der Waals surface area contributed by atoms with Crippen LogP contribution in [0.25, 0.3) is 11.0 Å². The summed E-state index contributed by atoms with van der Waals surface area (Å²) in [7, 11) is 0. The number of ether oxygens (including phenoxy) is 1. The van der Waals surface area contributed by atoms with Crippen LogP contribution >= 0.6 is 11.3 Å². The Labute approximate surface area is 165 Å². The summed E-state index contributed by atoms with van der Waals surface area (Å²) in [6.45, 7) is 0.211. The van der Waals surface area contributed by atoms with Gasteiger partial charge in [-0.3, -0.25) is 9.59 Å². The lowest BCUT2D eigenvalue weighted by Gasteiger charge is -2.22. The predicted molar refractivity (Wildman–Crippen MR) is 100 cm³/mol. The molecule has 0 spiro atoms. The van der Waals surface area contributed by atoms with E-state index >= 15 is 0 Å². The number of carbonyl (C=O) groups excluding carboxylic acids is 1. The molecule has 29 heavy (non-hydrogen) atoms. The Hall–Kier alpha value is -3.44. The maximum atomic E-state index is 12.5. The molecule has 1 unspecified atom stereocenters. The molecule has 3 aromatic rings. The molecular formula is C18H14N2O8S. The van der Waals surface area contributed by atoms with Crippen LogP contribution in [0.2, 0.25) is 0 Å². The summed E-state index contributed by atoms with van der Waals surface area (Å²) < 4.78 is 12.4. The molecule has 0 aliphatic carbocycles. The average molecular weight is 418 g/mol. The van der Waals surface area contributed by atoms with E-state index in [1.807, 2.05) is 0 Å². The summed E-state index contributed by atoms with van der Waals surface area (Å²) in [6, 6.07) is 6.75. The van der Waals surface area contributed by atoms with Crippen molar-refractivity contribution in [3.05, 3.63) is 50.6 Å². The number of nitrogens with zero attached hydrogens (tertiary/aromatic N) is 1. The van der Waals surface area contributed by atoms with Crippen LogP contribution in [0.5, 0.6) is 0 Å². The summed E-state index contributed by atoms with van der Waals surface area (Å²) in [5.74, 6) is -4.35. The highest BCUT2D eigenvalue weighted by Gasteiger charge is 2.33. The second-order valence-electron chi connectivity index (χ2n) is 6.28. The molecular weight excluding hydrogens is 404 g/mol. The van der Waals surface area contributed by atoms with E-state index in [1.54, 1.807) is 24.3 Å². The number of aliphatic carboxylic acids is 1. The van der Waals surface area contributed by atoms with E-state index in [9.17, 15) is 24.3 Å². The maximum Gasteiger partial charge on any atom is 0.394 e. The van der Waals surface area contributed by atoms with E-state index in [0.29, 0.717) is 21.4 Å². The van der Waals surface area contributed by atoms with Gasteiger partial charge in [0.25, 0.3) is 5.56 Å². The highest BCUT2D eigenvalue weighted by molar-refractivity contribution is 7.17. The zero-order valence-corrected chi connectivity index (χ0v) is 15.5. The molecule has 0 saturated carbocycles. The third-order valence-electron chi connectivity index (χ3n) is 4.52. The van der Waals surface area contributed by atoms with Gasteiger partial charge in [-0.05, 0) is 24.1 Å². The second-order valence-corrected chi connectivity index (χ2v) is 7.33. The van der Waals surface area contributed by atoms with Crippen LogP contribution in [-0.4, -0.2) is 39.4 Å². The van der Waals surface area contributed by atoms with E-state index < -0.39 is 23.9 Å². The number of anilines is 1. The molecule has 10 nitrogen and oxygen atoms in total. The van der Waals surface area contributed by atoms with Gasteiger partial charge in [-0.15, -0.1) is 11.3 Å². The number of carboxylic acids is 2. The predicted octanol–water partition coefficient (Wildman–Crippen LogP) is 1.69. The molecule has 0 saturated heterocycles. The van der Waals surface area contributed by atoms with Gasteiger partial charge >= 0.3 is 17.8 Å². The topological polar surface area (TPSA) is 148 Å². The Bertz CT molecular complexity index is 1200. The largest absolute Gasteiger partial charge is 0.478 e. The van der Waals surface area contributed by atoms with Crippen molar-refractivity contribution >= 4 is 45.2 Å². The van der Waals surface area contributed by atoms with Crippen LogP contribution in [0.1, 0.15) is 26.9 Å². The minimum Gasteiger partial charge on any atom is -0.478 e. The normalized spacial score (nSPS) is 15.8. The molecule has 0 fully saturated rings. The van der Waals surface area contributed by atoms with Gasteiger partial charge < -0.3 is 24.8 Å². The first-order valence-electron chi connectivity index (χ1n) is 8.50. The fourth-order valence-corrected chi connectivity index (χ4v) is 4.54. The number of carboxylic acid groups (broad SMARTS) is 2. The first-order valence-corrected chi connectivity index (χ1v) is 9.32. The van der Waals surface area contributed by atoms with Crippen LogP contribution in [0.4, 0.5) is 5.00 Å². The first kappa shape index (κ1) is 18.9. The summed E-state index contributed by atoms with van der Waals surface area (Å²) in [5, 5.41) is 20.8. The quantitative estimate of drug-likeness (QED) is 0.542. The van der Waals surface area contributed by atoms with Crippen molar-refractivity contribution in [1.29, 1.82) is 0 Å². The number of aromatic carboxylic acids is 1. The van der Waals surface area contributed by atoms with E-state index in [0.717, 1.165) is 16.1 Å². The lowest BCUT2D eigenvalue weighted by Crippen LogP contribution is -2.24. The molecule has 1 aromatic carbocycles. The lowest BCUT2D eigenvalue weighted by atomic mass is 10.0. The van der Waals surface area contributed by atoms with E-state index in [2.05, 4.69) is 5.32 Å². The number of rotatable bonds is 4. The first-order chi connectivity index (χ1) is 13.9. The van der Waals surface area contributed by atoms with Gasteiger partial charge in [0.1, 0.15) is 11.1 Å². The Kier molecular flexibility index (Phi) is 4.68. The van der Waals surface area contributed by atoms with Crippen molar-refractivity contribution in [2.75, 3.05) is 11.9 Å². The summed E-state index contributed by atoms with van der Waals surface area (Å²) >= 11 is 0.918. The third kappa shape index (κ3) is 3.30. The minimum atomic E-state index is -1.73. The number of hydrogen-bond donors (Lipinski definition) is 3. The Balaban J connectivity index is 1.73. The van der Waals surface area contributed by atoms with Gasteiger partial charge in [-0.2, -0.15) is 4.74 Å². The summed E-state index contributed by atoms with van der Waals surface area (Å²) in [5.41, 5.74) is 0.361. The van der Waals surface area contributed by atoms with Gasteiger partial charge in [0.2, 0.25) is 0 Å². The smallest absolute Gasteiger partial charge is 0.394 e. The number of aromatic nitrogens is 1. The van der Waals surface area contributed by atoms with Crippen molar-refractivity contribution < 1.29 is 33.9 Å². The SMILES string of the molecule is O=C(O)C(=O)Nc1sc2c(c1C(=O)O)CCOC2Cn1oc2ccccc2c1=O. The molecule has 3 N–H and O–H groups in total. The zero-order valence-electron chi connectivity index (χ0n) is 14.7. The van der Waals surface area contributed by atoms with Crippen molar-refractivity contribution in [2.24, 2.45) is 0 Å². The van der Waals surface area contributed by atoms with E-state index in [4.69, 9.17) is 14.4 Å². The van der Waals surface area contributed by atoms with Gasteiger partial charge in [0.05, 0.1) is 24.1 Å². The van der Waals surface area contributed by atoms with Gasteiger partial charge in [0.15, 0.2) is 5.58 Å². The Morgan fingerprint density at radius 2 is 2.00 bits per heavy atom. The third-order valence-corrected chi connectivity index (χ3v) is 5.76. The Morgan fingerprint density at radius 3 is 2.69 bits per heavy atom. The highest BCUT2D eigenvalue weighted by Crippen LogP contribution is 2.42. The molecule has 3 heterocycles. The second kappa shape index (κ2) is 7.18. The van der Waals surface area contributed by atoms with Crippen LogP contribution < -0.4 is 10.9 Å². The maximum absolute atomic E-state index is 12.5. The molecule has 150 valence electrons. The van der Waals surface area contributed by atoms with Crippen molar-refractivity contribution in [2.45, 2.75) is 19.1 Å². The number of carbonyl (C=O) groups is 3. The fourth-order valence-electron chi connectivity index (χ4n) is 3.26. The van der Waals surface area contributed by atoms with Gasteiger partial charge in [0, 0.05) is 4.88 Å². The van der Waals surface area contributed by atoms with E-state index in [-0.39, 0.29) is 35.7 Å². The number of benzene rings is 1. The summed E-state index contributed by atoms with van der Waals surface area (Å²) in [4.78, 5) is 47.1. The van der Waals surface area contributed by atoms with Crippen LogP contribution in [0.3, 0.4) is 0 Å².